The van der Waals surface area contributed by atoms with Crippen molar-refractivity contribution in [1.29, 1.82) is 0 Å². The van der Waals surface area contributed by atoms with Crippen molar-refractivity contribution in [2.24, 2.45) is 0 Å². The van der Waals surface area contributed by atoms with Gasteiger partial charge in [0.1, 0.15) is 11.3 Å². The monoisotopic (exact) mass is 439 g/mol. The number of para-hydroxylation sites is 2. The van der Waals surface area contributed by atoms with Gasteiger partial charge < -0.3 is 14.2 Å². The highest BCUT2D eigenvalue weighted by Gasteiger charge is 2.16. The lowest BCUT2D eigenvalue weighted by molar-refractivity contribution is -0.384. The Morgan fingerprint density at radius 1 is 0.939 bits per heavy atom. The Kier molecular flexibility index (Phi) is 4.95. The number of nitro benzene ring substituents is 1. The van der Waals surface area contributed by atoms with Gasteiger partial charge in [0.15, 0.2) is 11.3 Å². The second kappa shape index (κ2) is 8.08. The number of nitrogens with zero attached hydrogens (tertiary/aromatic N) is 2. The van der Waals surface area contributed by atoms with Crippen molar-refractivity contribution in [3.63, 3.8) is 0 Å². The first-order valence-electron chi connectivity index (χ1n) is 10.1. The summed E-state index contributed by atoms with van der Waals surface area (Å²) in [7, 11) is 0. The van der Waals surface area contributed by atoms with Crippen LogP contribution in [0.25, 0.3) is 33.9 Å². The Bertz CT molecular complexity index is 1470. The lowest BCUT2D eigenvalue weighted by Crippen LogP contribution is -2.11. The summed E-state index contributed by atoms with van der Waals surface area (Å²) in [6.07, 6.45) is 0. The molecule has 5 rings (SSSR count). The fraction of sp³-hybridized carbons (Fsp3) is 0.0400. The third-order valence-corrected chi connectivity index (χ3v) is 5.22. The first-order chi connectivity index (χ1) is 16.0. The number of aromatic nitrogens is 1. The van der Waals surface area contributed by atoms with E-state index >= 15 is 0 Å². The summed E-state index contributed by atoms with van der Waals surface area (Å²) in [6, 6.07) is 22.2. The zero-order chi connectivity index (χ0) is 22.9. The number of nitrogens with one attached hydrogen (secondary N) is 1. The number of carbonyl (C=O) groups is 1. The quantitative estimate of drug-likeness (QED) is 0.257. The van der Waals surface area contributed by atoms with Gasteiger partial charge in [0, 0.05) is 28.9 Å². The van der Waals surface area contributed by atoms with Crippen LogP contribution in [0.15, 0.2) is 87.7 Å². The molecule has 0 spiro atoms. The molecule has 3 aromatic carbocycles. The standard InChI is InChI=1S/C25H17N3O5/c1-15-6-7-17(25-27-19-4-2-3-5-22(19)33-25)14-20(15)26-24(29)23-13-12-21(32-23)16-8-10-18(11-9-16)28(30)31/h2-14H,1H3,(H,26,29). The summed E-state index contributed by atoms with van der Waals surface area (Å²) < 4.78 is 11.5. The number of benzene rings is 3. The number of hydrogen-bond donors (Lipinski definition) is 1. The van der Waals surface area contributed by atoms with Gasteiger partial charge in [0.25, 0.3) is 11.6 Å². The number of non-ortho nitro benzene ring substituents is 1. The van der Waals surface area contributed by atoms with E-state index in [9.17, 15) is 14.9 Å². The molecule has 5 aromatic rings. The first-order valence-corrected chi connectivity index (χ1v) is 10.1. The number of aryl methyl sites for hydroxylation is 1. The number of anilines is 1. The molecule has 1 N–H and O–H groups in total. The highest BCUT2D eigenvalue weighted by atomic mass is 16.6. The molecule has 0 saturated carbocycles. The predicted molar refractivity (Wildman–Crippen MR) is 123 cm³/mol. The first kappa shape index (κ1) is 20.2. The Morgan fingerprint density at radius 2 is 1.70 bits per heavy atom. The summed E-state index contributed by atoms with van der Waals surface area (Å²) in [5.41, 5.74) is 4.27. The fourth-order valence-electron chi connectivity index (χ4n) is 3.43. The average molecular weight is 439 g/mol. The van der Waals surface area contributed by atoms with Crippen LogP contribution in [0.5, 0.6) is 0 Å². The highest BCUT2D eigenvalue weighted by Crippen LogP contribution is 2.29. The topological polar surface area (TPSA) is 111 Å². The number of amides is 1. The molecule has 0 aliphatic heterocycles. The lowest BCUT2D eigenvalue weighted by atomic mass is 10.1. The molecule has 0 atom stereocenters. The van der Waals surface area contributed by atoms with Crippen LogP contribution in [0.1, 0.15) is 16.1 Å². The van der Waals surface area contributed by atoms with Crippen molar-refractivity contribution in [3.8, 4) is 22.8 Å². The molecule has 0 aliphatic carbocycles. The van der Waals surface area contributed by atoms with Crippen LogP contribution in [-0.4, -0.2) is 15.8 Å². The maximum Gasteiger partial charge on any atom is 0.291 e. The van der Waals surface area contributed by atoms with E-state index in [1.807, 2.05) is 43.3 Å². The van der Waals surface area contributed by atoms with Gasteiger partial charge in [-0.15, -0.1) is 0 Å². The normalized spacial score (nSPS) is 10.9. The molecular weight excluding hydrogens is 422 g/mol. The van der Waals surface area contributed by atoms with Crippen molar-refractivity contribution in [2.75, 3.05) is 5.32 Å². The van der Waals surface area contributed by atoms with Crippen LogP contribution in [0.3, 0.4) is 0 Å². The zero-order valence-electron chi connectivity index (χ0n) is 17.4. The second-order valence-corrected chi connectivity index (χ2v) is 7.44. The van der Waals surface area contributed by atoms with Gasteiger partial charge >= 0.3 is 0 Å². The van der Waals surface area contributed by atoms with E-state index in [1.165, 1.54) is 12.1 Å². The van der Waals surface area contributed by atoms with Crippen LogP contribution >= 0.6 is 0 Å². The van der Waals surface area contributed by atoms with Crippen LogP contribution in [0.4, 0.5) is 11.4 Å². The molecule has 162 valence electrons. The SMILES string of the molecule is Cc1ccc(-c2nc3ccccc3o2)cc1NC(=O)c1ccc(-c2ccc([N+](=O)[O-])cc2)o1. The van der Waals surface area contributed by atoms with Crippen molar-refractivity contribution in [2.45, 2.75) is 6.92 Å². The van der Waals surface area contributed by atoms with Crippen molar-refractivity contribution >= 4 is 28.4 Å². The van der Waals surface area contributed by atoms with E-state index in [0.717, 1.165) is 16.6 Å². The van der Waals surface area contributed by atoms with Gasteiger partial charge in [-0.05, 0) is 61.0 Å². The van der Waals surface area contributed by atoms with Gasteiger partial charge in [-0.25, -0.2) is 4.98 Å². The number of fused-ring (bicyclic) bond motifs is 1. The van der Waals surface area contributed by atoms with E-state index in [-0.39, 0.29) is 11.4 Å². The smallest absolute Gasteiger partial charge is 0.291 e. The van der Waals surface area contributed by atoms with Crippen molar-refractivity contribution < 1.29 is 18.6 Å². The average Bonchev–Trinajstić information content (AvgIpc) is 3.48. The molecule has 0 aliphatic rings. The maximum atomic E-state index is 12.8. The zero-order valence-corrected chi connectivity index (χ0v) is 17.4. The van der Waals surface area contributed by atoms with Gasteiger partial charge in [-0.1, -0.05) is 18.2 Å². The number of hydrogen-bond acceptors (Lipinski definition) is 6. The second-order valence-electron chi connectivity index (χ2n) is 7.44. The Balaban J connectivity index is 1.37. The summed E-state index contributed by atoms with van der Waals surface area (Å²) in [5, 5.41) is 13.7. The Morgan fingerprint density at radius 3 is 2.45 bits per heavy atom. The number of carbonyl (C=O) groups excluding carboxylic acids is 1. The number of oxazole rings is 1. The van der Waals surface area contributed by atoms with Crippen LogP contribution in [0.2, 0.25) is 0 Å². The van der Waals surface area contributed by atoms with E-state index in [1.54, 1.807) is 30.3 Å². The highest BCUT2D eigenvalue weighted by molar-refractivity contribution is 6.03. The number of rotatable bonds is 5. The minimum atomic E-state index is -0.470. The molecule has 0 unspecified atom stereocenters. The molecule has 0 bridgehead atoms. The van der Waals surface area contributed by atoms with Crippen LogP contribution in [-0.2, 0) is 0 Å². The van der Waals surface area contributed by atoms with E-state index in [4.69, 9.17) is 8.83 Å². The molecule has 8 nitrogen and oxygen atoms in total. The van der Waals surface area contributed by atoms with E-state index in [2.05, 4.69) is 10.3 Å². The summed E-state index contributed by atoms with van der Waals surface area (Å²) in [5.74, 6) is 0.605. The maximum absolute atomic E-state index is 12.8. The molecule has 0 fully saturated rings. The molecule has 0 radical (unpaired) electrons. The van der Waals surface area contributed by atoms with E-state index < -0.39 is 10.8 Å². The van der Waals surface area contributed by atoms with Crippen LogP contribution < -0.4 is 5.32 Å². The Labute approximate surface area is 187 Å². The largest absolute Gasteiger partial charge is 0.451 e. The fourth-order valence-corrected chi connectivity index (χ4v) is 3.43. The number of nitro groups is 1. The van der Waals surface area contributed by atoms with Gasteiger partial charge in [0.2, 0.25) is 5.89 Å². The summed E-state index contributed by atoms with van der Waals surface area (Å²) in [4.78, 5) is 27.7. The minimum absolute atomic E-state index is 0.0161. The van der Waals surface area contributed by atoms with Crippen LogP contribution in [0, 0.1) is 17.0 Å². The van der Waals surface area contributed by atoms with Gasteiger partial charge in [-0.3, -0.25) is 14.9 Å². The summed E-state index contributed by atoms with van der Waals surface area (Å²) in [6.45, 7) is 1.88. The van der Waals surface area contributed by atoms with Gasteiger partial charge in [-0.2, -0.15) is 0 Å². The van der Waals surface area contributed by atoms with Crippen molar-refractivity contribution in [1.82, 2.24) is 4.98 Å². The van der Waals surface area contributed by atoms with E-state index in [0.29, 0.717) is 28.5 Å². The minimum Gasteiger partial charge on any atom is -0.451 e. The van der Waals surface area contributed by atoms with Crippen molar-refractivity contribution in [3.05, 3.63) is 100 Å². The molecule has 0 saturated heterocycles. The molecule has 8 heteroatoms. The van der Waals surface area contributed by atoms with Gasteiger partial charge in [0.05, 0.1) is 4.92 Å². The Hall–Kier alpha value is -4.72. The lowest BCUT2D eigenvalue weighted by Gasteiger charge is -2.08. The third kappa shape index (κ3) is 3.97. The molecule has 1 amide bonds. The molecular formula is C25H17N3O5. The molecule has 2 aromatic heterocycles. The molecule has 33 heavy (non-hydrogen) atoms. The molecule has 2 heterocycles. The predicted octanol–water partition coefficient (Wildman–Crippen LogP) is 6.22. The summed E-state index contributed by atoms with van der Waals surface area (Å²) >= 11 is 0. The third-order valence-electron chi connectivity index (χ3n) is 5.22. The number of furan rings is 1.